The second-order valence-electron chi connectivity index (χ2n) is 3.70. The lowest BCUT2D eigenvalue weighted by Gasteiger charge is -2.29. The van der Waals surface area contributed by atoms with E-state index in [0.29, 0.717) is 11.8 Å². The van der Waals surface area contributed by atoms with Crippen molar-refractivity contribution in [1.82, 2.24) is 0 Å². The summed E-state index contributed by atoms with van der Waals surface area (Å²) in [7, 11) is 0. The third kappa shape index (κ3) is 1.50. The van der Waals surface area contributed by atoms with Crippen molar-refractivity contribution in [2.75, 3.05) is 0 Å². The smallest absolute Gasteiger partial charge is 0.0692 e. The van der Waals surface area contributed by atoms with E-state index in [1.165, 1.54) is 0 Å². The van der Waals surface area contributed by atoms with Crippen LogP contribution in [0.25, 0.3) is 0 Å². The maximum absolute atomic E-state index is 8.88. The molecule has 0 radical (unpaired) electrons. The lowest BCUT2D eigenvalue weighted by atomic mass is 9.72. The van der Waals surface area contributed by atoms with Crippen LogP contribution >= 0.6 is 0 Å². The summed E-state index contributed by atoms with van der Waals surface area (Å²) in [6.07, 6.45) is 0. The Bertz CT molecular complexity index is 131. The van der Waals surface area contributed by atoms with Crippen LogP contribution in [0.5, 0.6) is 0 Å². The maximum Gasteiger partial charge on any atom is 0.0692 e. The van der Waals surface area contributed by atoms with Gasteiger partial charge < -0.3 is 0 Å². The molecule has 0 bridgehead atoms. The van der Waals surface area contributed by atoms with Crippen LogP contribution in [0.1, 0.15) is 34.6 Å². The van der Waals surface area contributed by atoms with Gasteiger partial charge in [0.15, 0.2) is 0 Å². The van der Waals surface area contributed by atoms with E-state index in [4.69, 9.17) is 5.26 Å². The van der Waals surface area contributed by atoms with E-state index in [9.17, 15) is 0 Å². The van der Waals surface area contributed by atoms with Crippen LogP contribution in [0.3, 0.4) is 0 Å². The summed E-state index contributed by atoms with van der Waals surface area (Å²) in [6.45, 7) is 10.4. The average molecular weight is 139 g/mol. The lowest BCUT2D eigenvalue weighted by molar-refractivity contribution is 0.217. The molecule has 1 nitrogen and oxygen atoms in total. The van der Waals surface area contributed by atoms with E-state index < -0.39 is 0 Å². The third-order valence-corrected chi connectivity index (χ3v) is 2.64. The van der Waals surface area contributed by atoms with Gasteiger partial charge in [0.2, 0.25) is 0 Å². The molecule has 58 valence electrons. The summed E-state index contributed by atoms with van der Waals surface area (Å²) in [4.78, 5) is 0. The Labute approximate surface area is 64.1 Å². The van der Waals surface area contributed by atoms with Crippen molar-refractivity contribution in [1.29, 1.82) is 5.26 Å². The van der Waals surface area contributed by atoms with Crippen molar-refractivity contribution in [3.05, 3.63) is 0 Å². The van der Waals surface area contributed by atoms with E-state index in [1.807, 2.05) is 6.92 Å². The molecule has 0 aliphatic rings. The zero-order chi connectivity index (χ0) is 8.36. The fourth-order valence-electron chi connectivity index (χ4n) is 0.925. The number of nitriles is 1. The molecular formula is C9H17N. The lowest BCUT2D eigenvalue weighted by Crippen LogP contribution is -2.27. The van der Waals surface area contributed by atoms with Crippen LogP contribution in [-0.4, -0.2) is 0 Å². The van der Waals surface area contributed by atoms with E-state index in [-0.39, 0.29) is 5.41 Å². The predicted octanol–water partition coefficient (Wildman–Crippen LogP) is 2.83. The second-order valence-corrected chi connectivity index (χ2v) is 3.70. The molecule has 0 aromatic rings. The number of hydrogen-bond acceptors (Lipinski definition) is 1. The molecule has 0 aromatic heterocycles. The summed E-state index contributed by atoms with van der Waals surface area (Å²) < 4.78 is 0. The Morgan fingerprint density at radius 3 is 1.40 bits per heavy atom. The number of nitrogens with zero attached hydrogens (tertiary/aromatic N) is 1. The molecule has 0 fully saturated rings. The summed E-state index contributed by atoms with van der Waals surface area (Å²) >= 11 is 0. The molecule has 0 saturated carbocycles. The summed E-state index contributed by atoms with van der Waals surface area (Å²) in [6, 6.07) is 2.38. The van der Waals surface area contributed by atoms with Crippen LogP contribution in [0.2, 0.25) is 0 Å². The molecule has 1 heteroatoms. The predicted molar refractivity (Wildman–Crippen MR) is 43.4 cm³/mol. The molecule has 0 N–H and O–H groups in total. The van der Waals surface area contributed by atoms with Gasteiger partial charge >= 0.3 is 0 Å². The van der Waals surface area contributed by atoms with Gasteiger partial charge in [0.1, 0.15) is 0 Å². The fraction of sp³-hybridized carbons (Fsp3) is 0.889. The SMILES string of the molecule is CC(C)C(C)(C#N)C(C)C. The Kier molecular flexibility index (Phi) is 2.90. The largest absolute Gasteiger partial charge is 0.198 e. The first-order valence-corrected chi connectivity index (χ1v) is 3.86. The minimum absolute atomic E-state index is 0.153. The van der Waals surface area contributed by atoms with Gasteiger partial charge in [-0.05, 0) is 18.8 Å². The van der Waals surface area contributed by atoms with E-state index in [2.05, 4.69) is 33.8 Å². The molecule has 0 heterocycles. The molecule has 0 atom stereocenters. The van der Waals surface area contributed by atoms with Crippen LogP contribution in [-0.2, 0) is 0 Å². The molecule has 0 rings (SSSR count). The first-order valence-electron chi connectivity index (χ1n) is 3.86. The normalized spacial score (nSPS) is 12.2. The maximum atomic E-state index is 8.88. The average Bonchev–Trinajstić information content (AvgIpc) is 1.85. The number of hydrogen-bond donors (Lipinski definition) is 0. The van der Waals surface area contributed by atoms with Gasteiger partial charge in [0, 0.05) is 0 Å². The van der Waals surface area contributed by atoms with Gasteiger partial charge in [0.05, 0.1) is 11.5 Å². The standard InChI is InChI=1S/C9H17N/c1-7(2)9(5,6-10)8(3)4/h7-8H,1-5H3. The van der Waals surface area contributed by atoms with Gasteiger partial charge in [-0.3, -0.25) is 0 Å². The van der Waals surface area contributed by atoms with Gasteiger partial charge in [-0.15, -0.1) is 0 Å². The fourth-order valence-corrected chi connectivity index (χ4v) is 0.925. The van der Waals surface area contributed by atoms with Crippen molar-refractivity contribution in [3.8, 4) is 6.07 Å². The van der Waals surface area contributed by atoms with Gasteiger partial charge in [-0.25, -0.2) is 0 Å². The van der Waals surface area contributed by atoms with E-state index >= 15 is 0 Å². The van der Waals surface area contributed by atoms with Crippen molar-refractivity contribution < 1.29 is 0 Å². The molecule has 0 aromatic carbocycles. The topological polar surface area (TPSA) is 23.8 Å². The van der Waals surface area contributed by atoms with Gasteiger partial charge in [0.25, 0.3) is 0 Å². The summed E-state index contributed by atoms with van der Waals surface area (Å²) in [5.74, 6) is 0.884. The molecule has 10 heavy (non-hydrogen) atoms. The molecule has 0 amide bonds. The van der Waals surface area contributed by atoms with Crippen molar-refractivity contribution in [3.63, 3.8) is 0 Å². The van der Waals surface area contributed by atoms with Crippen molar-refractivity contribution in [2.45, 2.75) is 34.6 Å². The Balaban J connectivity index is 4.43. The van der Waals surface area contributed by atoms with Crippen molar-refractivity contribution in [2.24, 2.45) is 17.3 Å². The highest BCUT2D eigenvalue weighted by Gasteiger charge is 2.31. The molecule has 0 aliphatic heterocycles. The van der Waals surface area contributed by atoms with Gasteiger partial charge in [-0.2, -0.15) is 5.26 Å². The molecule has 0 spiro atoms. The first-order chi connectivity index (χ1) is 4.45. The monoisotopic (exact) mass is 139 g/mol. The molecule has 0 unspecified atom stereocenters. The zero-order valence-electron chi connectivity index (χ0n) is 7.60. The molecular weight excluding hydrogens is 122 g/mol. The zero-order valence-corrected chi connectivity index (χ0v) is 7.60. The Morgan fingerprint density at radius 2 is 1.40 bits per heavy atom. The van der Waals surface area contributed by atoms with Crippen molar-refractivity contribution >= 4 is 0 Å². The quantitative estimate of drug-likeness (QED) is 0.577. The summed E-state index contributed by atoms with van der Waals surface area (Å²) in [5, 5.41) is 8.88. The van der Waals surface area contributed by atoms with E-state index in [0.717, 1.165) is 0 Å². The second kappa shape index (κ2) is 3.05. The Hall–Kier alpha value is -0.510. The minimum Gasteiger partial charge on any atom is -0.198 e. The summed E-state index contributed by atoms with van der Waals surface area (Å²) in [5.41, 5.74) is -0.153. The first kappa shape index (κ1) is 9.49. The van der Waals surface area contributed by atoms with E-state index in [1.54, 1.807) is 0 Å². The highest BCUT2D eigenvalue weighted by atomic mass is 14.4. The highest BCUT2D eigenvalue weighted by Crippen LogP contribution is 2.33. The highest BCUT2D eigenvalue weighted by molar-refractivity contribution is 4.99. The Morgan fingerprint density at radius 1 is 1.10 bits per heavy atom. The number of rotatable bonds is 2. The molecule has 0 saturated heterocycles. The van der Waals surface area contributed by atoms with Crippen LogP contribution in [0, 0.1) is 28.6 Å². The minimum atomic E-state index is -0.153. The van der Waals surface area contributed by atoms with Gasteiger partial charge in [-0.1, -0.05) is 27.7 Å². The van der Waals surface area contributed by atoms with Crippen LogP contribution in [0.15, 0.2) is 0 Å². The third-order valence-electron chi connectivity index (χ3n) is 2.64. The van der Waals surface area contributed by atoms with Crippen LogP contribution < -0.4 is 0 Å². The van der Waals surface area contributed by atoms with Crippen LogP contribution in [0.4, 0.5) is 0 Å². The molecule has 0 aliphatic carbocycles.